The molecule has 0 aliphatic rings. The number of nitrogens with zero attached hydrogens (tertiary/aromatic N) is 1. The van der Waals surface area contributed by atoms with Crippen LogP contribution in [0.5, 0.6) is 5.75 Å². The summed E-state index contributed by atoms with van der Waals surface area (Å²) in [7, 11) is 0. The number of imidazole rings is 1. The fourth-order valence-corrected chi connectivity index (χ4v) is 2.75. The van der Waals surface area contributed by atoms with Crippen LogP contribution in [0.2, 0.25) is 0 Å². The molecule has 222 valence electrons. The van der Waals surface area contributed by atoms with Gasteiger partial charge in [0.25, 0.3) is 5.91 Å². The van der Waals surface area contributed by atoms with E-state index >= 15 is 0 Å². The van der Waals surface area contributed by atoms with Crippen LogP contribution in [-0.2, 0) is 16.0 Å². The maximum atomic E-state index is 12.2. The van der Waals surface area contributed by atoms with E-state index in [0.717, 1.165) is 11.3 Å². The van der Waals surface area contributed by atoms with Gasteiger partial charge in [0.15, 0.2) is 0 Å². The van der Waals surface area contributed by atoms with Crippen LogP contribution in [0.3, 0.4) is 0 Å². The quantitative estimate of drug-likeness (QED) is 0.0932. The van der Waals surface area contributed by atoms with E-state index in [1.807, 2.05) is 12.1 Å². The number of aromatic amines is 1. The molecular weight excluding hydrogens is 568 g/mol. The van der Waals surface area contributed by atoms with E-state index in [4.69, 9.17) is 30.9 Å². The Kier molecular flexibility index (Phi) is 12.3. The van der Waals surface area contributed by atoms with Gasteiger partial charge in [-0.2, -0.15) is 26.3 Å². The Balaban J connectivity index is 0.000000497. The Morgan fingerprint density at radius 1 is 0.927 bits per heavy atom. The van der Waals surface area contributed by atoms with E-state index in [1.54, 1.807) is 36.8 Å². The molecule has 1 amide bonds. The number of nitrogens with two attached hydrogens (primary N) is 1. The number of aryl methyl sites for hydroxylation is 1. The number of carboxylic acid groups (broad SMARTS) is 2. The Morgan fingerprint density at radius 3 is 1.88 bits per heavy atom. The van der Waals surface area contributed by atoms with E-state index in [1.165, 1.54) is 6.07 Å². The van der Waals surface area contributed by atoms with Gasteiger partial charge in [0.2, 0.25) is 0 Å². The monoisotopic (exact) mass is 591 g/mol. The van der Waals surface area contributed by atoms with Crippen molar-refractivity contribution in [3.05, 3.63) is 71.7 Å². The summed E-state index contributed by atoms with van der Waals surface area (Å²) in [5, 5.41) is 34.5. The highest BCUT2D eigenvalue weighted by atomic mass is 19.4. The molecule has 0 atom stereocenters. The number of aliphatic carboxylic acids is 2. The number of H-pyrrole nitrogens is 1. The van der Waals surface area contributed by atoms with Gasteiger partial charge < -0.3 is 31.4 Å². The van der Waals surface area contributed by atoms with Gasteiger partial charge in [0, 0.05) is 17.7 Å². The maximum Gasteiger partial charge on any atom is 0.490 e. The van der Waals surface area contributed by atoms with Crippen molar-refractivity contribution in [2.24, 2.45) is 5.73 Å². The second kappa shape index (κ2) is 14.9. The lowest BCUT2D eigenvalue weighted by atomic mass is 10.0. The number of halogens is 6. The number of hydrogen-bond donors (Lipinski definition) is 7. The Morgan fingerprint density at radius 2 is 1.44 bits per heavy atom. The average Bonchev–Trinajstić information content (AvgIpc) is 3.42. The van der Waals surface area contributed by atoms with Crippen LogP contribution in [0, 0.1) is 5.41 Å². The van der Waals surface area contributed by atoms with Crippen molar-refractivity contribution in [3.8, 4) is 17.0 Å². The van der Waals surface area contributed by atoms with Crippen LogP contribution >= 0.6 is 0 Å². The molecular formula is C24H23F6N5O6. The van der Waals surface area contributed by atoms with Crippen LogP contribution in [0.4, 0.5) is 26.3 Å². The first-order valence-corrected chi connectivity index (χ1v) is 11.1. The molecule has 1 heterocycles. The lowest BCUT2D eigenvalue weighted by Crippen LogP contribution is -2.24. The number of carbonyl (C=O) groups excluding carboxylic acids is 1. The Hall–Kier alpha value is -5.09. The second-order valence-electron chi connectivity index (χ2n) is 7.77. The molecule has 41 heavy (non-hydrogen) atoms. The lowest BCUT2D eigenvalue weighted by Gasteiger charge is -2.09. The standard InChI is InChI=1S/C20H21N5O2.2C2HF3O2/c21-19(22)16-7-8-18(26)15(10-16)2-1-9-24-20(27)14-5-3-13(4-6-14)17-11-23-12-25-17;2*3-2(4,5)1(6)7/h3-8,10-12,26H,1-2,9H2,(H3,21,22)(H,23,25)(H,24,27);2*(H,6,7). The molecule has 0 fully saturated rings. The highest BCUT2D eigenvalue weighted by molar-refractivity contribution is 5.95. The van der Waals surface area contributed by atoms with E-state index in [-0.39, 0.29) is 17.5 Å². The number of rotatable bonds is 7. The predicted molar refractivity (Wildman–Crippen MR) is 131 cm³/mol. The number of phenols is 1. The van der Waals surface area contributed by atoms with Gasteiger partial charge in [0.1, 0.15) is 11.6 Å². The van der Waals surface area contributed by atoms with Crippen molar-refractivity contribution in [2.75, 3.05) is 6.54 Å². The third-order valence-corrected chi connectivity index (χ3v) is 4.74. The van der Waals surface area contributed by atoms with Crippen molar-refractivity contribution in [2.45, 2.75) is 25.2 Å². The first-order chi connectivity index (χ1) is 18.9. The summed E-state index contributed by atoms with van der Waals surface area (Å²) in [6, 6.07) is 12.1. The van der Waals surface area contributed by atoms with Crippen LogP contribution in [-0.4, -0.2) is 67.9 Å². The summed E-state index contributed by atoms with van der Waals surface area (Å²) >= 11 is 0. The molecule has 8 N–H and O–H groups in total. The minimum Gasteiger partial charge on any atom is -0.508 e. The maximum absolute atomic E-state index is 12.2. The first-order valence-electron chi connectivity index (χ1n) is 11.1. The SMILES string of the molecule is N=C(N)c1ccc(O)c(CCCNC(=O)c2ccc(-c3cnc[nH]3)cc2)c1.O=C(O)C(F)(F)F.O=C(O)C(F)(F)F. The fraction of sp³-hybridized carbons (Fsp3) is 0.208. The van der Waals surface area contributed by atoms with Crippen molar-refractivity contribution < 1.29 is 56.0 Å². The number of carbonyl (C=O) groups is 3. The molecule has 0 unspecified atom stereocenters. The molecule has 0 saturated carbocycles. The molecule has 0 radical (unpaired) electrons. The van der Waals surface area contributed by atoms with Gasteiger partial charge in [-0.3, -0.25) is 10.2 Å². The zero-order valence-corrected chi connectivity index (χ0v) is 20.7. The number of phenolic OH excluding ortho intramolecular Hbond substituents is 1. The third-order valence-electron chi connectivity index (χ3n) is 4.74. The van der Waals surface area contributed by atoms with Crippen LogP contribution in [0.25, 0.3) is 11.3 Å². The molecule has 0 saturated heterocycles. The number of hydrogen-bond acceptors (Lipinski definition) is 6. The highest BCUT2D eigenvalue weighted by Crippen LogP contribution is 2.20. The van der Waals surface area contributed by atoms with E-state index in [0.29, 0.717) is 36.1 Å². The van der Waals surface area contributed by atoms with Gasteiger partial charge in [-0.15, -0.1) is 0 Å². The number of aromatic nitrogens is 2. The molecule has 17 heteroatoms. The van der Waals surface area contributed by atoms with Crippen LogP contribution < -0.4 is 11.1 Å². The van der Waals surface area contributed by atoms with E-state index < -0.39 is 24.3 Å². The van der Waals surface area contributed by atoms with Gasteiger partial charge in [-0.25, -0.2) is 14.6 Å². The average molecular weight is 591 g/mol. The topological polar surface area (TPSA) is 202 Å². The number of nitrogens with one attached hydrogen (secondary N) is 3. The summed E-state index contributed by atoms with van der Waals surface area (Å²) in [5.41, 5.74) is 9.20. The van der Waals surface area contributed by atoms with Crippen molar-refractivity contribution in [1.29, 1.82) is 5.41 Å². The normalized spacial score (nSPS) is 10.8. The first kappa shape index (κ1) is 33.9. The Bertz CT molecular complexity index is 1300. The molecule has 1 aromatic heterocycles. The number of nitrogen functional groups attached to an aromatic ring is 1. The lowest BCUT2D eigenvalue weighted by molar-refractivity contribution is -0.193. The number of amides is 1. The number of carboxylic acids is 2. The van der Waals surface area contributed by atoms with Crippen molar-refractivity contribution in [1.82, 2.24) is 15.3 Å². The molecule has 0 bridgehead atoms. The van der Waals surface area contributed by atoms with E-state index in [9.17, 15) is 36.2 Å². The smallest absolute Gasteiger partial charge is 0.490 e. The molecule has 0 aliphatic carbocycles. The summed E-state index contributed by atoms with van der Waals surface area (Å²) in [6.07, 6.45) is -5.59. The molecule has 11 nitrogen and oxygen atoms in total. The number of alkyl halides is 6. The minimum atomic E-state index is -5.08. The van der Waals surface area contributed by atoms with Crippen LogP contribution in [0.1, 0.15) is 27.9 Å². The summed E-state index contributed by atoms with van der Waals surface area (Å²) < 4.78 is 63.5. The Labute approximate surface area is 227 Å². The zero-order chi connectivity index (χ0) is 31.4. The fourth-order valence-electron chi connectivity index (χ4n) is 2.75. The minimum absolute atomic E-state index is 0.0388. The summed E-state index contributed by atoms with van der Waals surface area (Å²) in [6.45, 7) is 0.477. The molecule has 3 rings (SSSR count). The van der Waals surface area contributed by atoms with Crippen molar-refractivity contribution >= 4 is 23.7 Å². The number of amidine groups is 1. The summed E-state index contributed by atoms with van der Waals surface area (Å²) in [5.74, 6) is -5.53. The third kappa shape index (κ3) is 12.1. The zero-order valence-electron chi connectivity index (χ0n) is 20.7. The largest absolute Gasteiger partial charge is 0.508 e. The molecule has 0 spiro atoms. The molecule has 3 aromatic rings. The van der Waals surface area contributed by atoms with Gasteiger partial charge in [0.05, 0.1) is 18.2 Å². The predicted octanol–water partition coefficient (Wildman–Crippen LogP) is 3.70. The number of aromatic hydroxyl groups is 1. The molecule has 2 aromatic carbocycles. The van der Waals surface area contributed by atoms with Crippen molar-refractivity contribution in [3.63, 3.8) is 0 Å². The second-order valence-corrected chi connectivity index (χ2v) is 7.77. The van der Waals surface area contributed by atoms with Gasteiger partial charge >= 0.3 is 24.3 Å². The number of benzene rings is 2. The summed E-state index contributed by atoms with van der Waals surface area (Å²) in [4.78, 5) is 37.0. The highest BCUT2D eigenvalue weighted by Gasteiger charge is 2.38. The van der Waals surface area contributed by atoms with E-state index in [2.05, 4.69) is 15.3 Å². The van der Waals surface area contributed by atoms with Crippen LogP contribution in [0.15, 0.2) is 55.0 Å². The molecule has 0 aliphatic heterocycles. The van der Waals surface area contributed by atoms with Gasteiger partial charge in [-0.05, 0) is 54.3 Å². The van der Waals surface area contributed by atoms with Gasteiger partial charge in [-0.1, -0.05) is 12.1 Å².